The maximum absolute atomic E-state index is 3.77. The summed E-state index contributed by atoms with van der Waals surface area (Å²) in [5.74, 6) is 1.81. The monoisotopic (exact) mass is 535 g/mol. The Morgan fingerprint density at radius 3 is 1.76 bits per heavy atom. The zero-order valence-corrected chi connectivity index (χ0v) is 25.1. The molecule has 34 heavy (non-hydrogen) atoms. The van der Waals surface area contributed by atoms with Crippen LogP contribution in [-0.2, 0) is 6.54 Å². The van der Waals surface area contributed by atoms with Gasteiger partial charge in [-0.3, -0.25) is 0 Å². The maximum Gasteiger partial charge on any atom is 0.169 e. The van der Waals surface area contributed by atoms with Gasteiger partial charge in [-0.15, -0.1) is 0 Å². The highest BCUT2D eigenvalue weighted by molar-refractivity contribution is 9.08. The van der Waals surface area contributed by atoms with Crippen molar-refractivity contribution in [1.29, 1.82) is 0 Å². The molecule has 0 saturated carbocycles. The Morgan fingerprint density at radius 2 is 1.35 bits per heavy atom. The van der Waals surface area contributed by atoms with Crippen molar-refractivity contribution >= 4 is 21.5 Å². The van der Waals surface area contributed by atoms with Crippen molar-refractivity contribution in [2.45, 2.75) is 104 Å². The lowest BCUT2D eigenvalue weighted by Crippen LogP contribution is -2.33. The van der Waals surface area contributed by atoms with Crippen molar-refractivity contribution in [3.05, 3.63) is 61.0 Å². The van der Waals surface area contributed by atoms with Crippen LogP contribution in [0.25, 0.3) is 5.57 Å². The lowest BCUT2D eigenvalue weighted by atomic mass is 10.1. The number of halogens is 1. The molecule has 0 amide bonds. The van der Waals surface area contributed by atoms with Gasteiger partial charge in [-0.1, -0.05) is 125 Å². The number of unbranched alkanes of at least 4 members (excludes halogenated alkanes) is 10. The van der Waals surface area contributed by atoms with Gasteiger partial charge in [-0.2, -0.15) is 0 Å². The minimum absolute atomic E-state index is 1.08. The van der Waals surface area contributed by atoms with E-state index in [0.29, 0.717) is 0 Å². The second-order valence-electron chi connectivity index (χ2n) is 9.02. The summed E-state index contributed by atoms with van der Waals surface area (Å²) in [5, 5.41) is 0. The van der Waals surface area contributed by atoms with E-state index in [1.54, 1.807) is 0 Å². The van der Waals surface area contributed by atoms with Gasteiger partial charge in [-0.25, -0.2) is 4.57 Å². The first-order valence-corrected chi connectivity index (χ1v) is 15.1. The van der Waals surface area contributed by atoms with E-state index >= 15 is 0 Å². The standard InChI is InChI=1S/C18H27N2.C12H26.CH3Br/c1-5-9-17(10-6-2)18-11-15-20(16-12-18)14-8-7-13-19(3)4;1-3-5-7-9-11-12-10-8-6-4-2;1-2/h5-6,9-12,15-16H,1,7-8,13-14H2,2-4H3;3-12H2,1-2H3;1H3/q+1;;/b10-6-,17-9+;;. The topological polar surface area (TPSA) is 7.12 Å². The van der Waals surface area contributed by atoms with Crippen LogP contribution in [0.3, 0.4) is 0 Å². The maximum atomic E-state index is 3.77. The van der Waals surface area contributed by atoms with Gasteiger partial charge in [0.25, 0.3) is 0 Å². The van der Waals surface area contributed by atoms with Crippen LogP contribution in [0.4, 0.5) is 0 Å². The Labute approximate surface area is 222 Å². The van der Waals surface area contributed by atoms with E-state index in [1.165, 1.54) is 88.2 Å². The van der Waals surface area contributed by atoms with Crippen LogP contribution in [-0.4, -0.2) is 31.4 Å². The zero-order valence-electron chi connectivity index (χ0n) is 23.5. The van der Waals surface area contributed by atoms with Crippen molar-refractivity contribution < 1.29 is 4.57 Å². The largest absolute Gasteiger partial charge is 0.309 e. The quantitative estimate of drug-likeness (QED) is 0.0832. The average Bonchev–Trinajstić information content (AvgIpc) is 2.85. The predicted molar refractivity (Wildman–Crippen MR) is 160 cm³/mol. The number of alkyl halides is 1. The predicted octanol–water partition coefficient (Wildman–Crippen LogP) is 9.40. The molecule has 1 aromatic rings. The molecule has 1 heterocycles. The van der Waals surface area contributed by atoms with Crippen LogP contribution >= 0.6 is 15.9 Å². The van der Waals surface area contributed by atoms with Crippen molar-refractivity contribution in [3.8, 4) is 0 Å². The Kier molecular flexibility index (Phi) is 28.9. The van der Waals surface area contributed by atoms with E-state index in [9.17, 15) is 0 Å². The lowest BCUT2D eigenvalue weighted by molar-refractivity contribution is -0.697. The van der Waals surface area contributed by atoms with Gasteiger partial charge in [0.2, 0.25) is 0 Å². The van der Waals surface area contributed by atoms with Gasteiger partial charge < -0.3 is 4.90 Å². The van der Waals surface area contributed by atoms with Gasteiger partial charge >= 0.3 is 0 Å². The fourth-order valence-electron chi connectivity index (χ4n) is 3.64. The third kappa shape index (κ3) is 22.6. The summed E-state index contributed by atoms with van der Waals surface area (Å²) in [7, 11) is 4.24. The summed E-state index contributed by atoms with van der Waals surface area (Å²) in [5.41, 5.74) is 2.43. The average molecular weight is 537 g/mol. The van der Waals surface area contributed by atoms with E-state index in [0.717, 1.165) is 13.1 Å². The number of hydrogen-bond acceptors (Lipinski definition) is 1. The third-order valence-corrected chi connectivity index (χ3v) is 5.60. The molecule has 0 fully saturated rings. The van der Waals surface area contributed by atoms with Crippen LogP contribution in [0.2, 0.25) is 0 Å². The van der Waals surface area contributed by atoms with Gasteiger partial charge in [-0.05, 0) is 51.0 Å². The molecule has 196 valence electrons. The smallest absolute Gasteiger partial charge is 0.169 e. The summed E-state index contributed by atoms with van der Waals surface area (Å²) in [4.78, 5) is 2.23. The molecule has 0 unspecified atom stereocenters. The van der Waals surface area contributed by atoms with E-state index in [2.05, 4.69) is 96.6 Å². The van der Waals surface area contributed by atoms with E-state index < -0.39 is 0 Å². The molecule has 0 atom stereocenters. The van der Waals surface area contributed by atoms with Crippen LogP contribution in [0.1, 0.15) is 103 Å². The van der Waals surface area contributed by atoms with Crippen LogP contribution < -0.4 is 4.57 Å². The second-order valence-corrected chi connectivity index (χ2v) is 9.02. The molecule has 2 nitrogen and oxygen atoms in total. The van der Waals surface area contributed by atoms with E-state index in [4.69, 9.17) is 0 Å². The number of nitrogens with zero attached hydrogens (tertiary/aromatic N) is 2. The number of hydrogen-bond donors (Lipinski definition) is 0. The molecule has 0 spiro atoms. The molecule has 0 saturated heterocycles. The van der Waals surface area contributed by atoms with Crippen molar-refractivity contribution in [1.82, 2.24) is 4.90 Å². The minimum atomic E-state index is 1.08. The lowest BCUT2D eigenvalue weighted by Gasteiger charge is -2.07. The number of pyridine rings is 1. The molecule has 0 aliphatic rings. The first-order chi connectivity index (χ1) is 16.6. The summed E-state index contributed by atoms with van der Waals surface area (Å²) in [6.07, 6.45) is 29.2. The first-order valence-electron chi connectivity index (χ1n) is 13.6. The molecule has 0 bridgehead atoms. The molecule has 0 radical (unpaired) electrons. The van der Waals surface area contributed by atoms with Gasteiger partial charge in [0, 0.05) is 18.6 Å². The molecule has 1 rings (SSSR count). The molecule has 0 aromatic carbocycles. The Balaban J connectivity index is 0. The number of aryl methyl sites for hydroxylation is 1. The fourth-order valence-corrected chi connectivity index (χ4v) is 3.64. The second kappa shape index (κ2) is 28.1. The Hall–Kier alpha value is -1.19. The van der Waals surface area contributed by atoms with Crippen LogP contribution in [0.5, 0.6) is 0 Å². The minimum Gasteiger partial charge on any atom is -0.309 e. The highest BCUT2D eigenvalue weighted by Gasteiger charge is 2.03. The molecule has 1 aromatic heterocycles. The van der Waals surface area contributed by atoms with Crippen molar-refractivity contribution in [2.75, 3.05) is 26.5 Å². The van der Waals surface area contributed by atoms with E-state index in [-0.39, 0.29) is 0 Å². The highest BCUT2D eigenvalue weighted by atomic mass is 79.9. The van der Waals surface area contributed by atoms with E-state index in [1.807, 2.05) is 24.9 Å². The molecule has 0 aliphatic carbocycles. The molecule has 0 aliphatic heterocycles. The highest BCUT2D eigenvalue weighted by Crippen LogP contribution is 2.14. The number of rotatable bonds is 17. The number of allylic oxidation sites excluding steroid dienone is 5. The molecular weight excluding hydrogens is 480 g/mol. The normalized spacial score (nSPS) is 11.1. The van der Waals surface area contributed by atoms with Crippen molar-refractivity contribution in [3.63, 3.8) is 0 Å². The fraction of sp³-hybridized carbons (Fsp3) is 0.645. The van der Waals surface area contributed by atoms with Crippen LogP contribution in [0, 0.1) is 0 Å². The number of aromatic nitrogens is 1. The van der Waals surface area contributed by atoms with Crippen molar-refractivity contribution in [2.24, 2.45) is 0 Å². The van der Waals surface area contributed by atoms with Gasteiger partial charge in [0.15, 0.2) is 12.4 Å². The summed E-state index contributed by atoms with van der Waals surface area (Å²) < 4.78 is 2.25. The summed E-state index contributed by atoms with van der Waals surface area (Å²) in [6.45, 7) is 12.6. The summed E-state index contributed by atoms with van der Waals surface area (Å²) >= 11 is 2.94. The van der Waals surface area contributed by atoms with Crippen LogP contribution in [0.15, 0.2) is 55.4 Å². The summed E-state index contributed by atoms with van der Waals surface area (Å²) in [6, 6.07) is 4.34. The van der Waals surface area contributed by atoms with Gasteiger partial charge in [0.1, 0.15) is 6.54 Å². The molecular formula is C31H56BrN2+. The van der Waals surface area contributed by atoms with Gasteiger partial charge in [0.05, 0.1) is 0 Å². The SMILES string of the molecule is C=C/C=C(\C=C/C)c1cc[n+](CCCCN(C)C)cc1.CBr.CCCCCCCCCCCC. The first kappa shape index (κ1) is 35.0. The Morgan fingerprint density at radius 1 is 0.853 bits per heavy atom. The zero-order chi connectivity index (χ0) is 25.9. The molecule has 3 heteroatoms. The third-order valence-electron chi connectivity index (χ3n) is 5.60. The molecule has 0 N–H and O–H groups in total. The Bertz CT molecular complexity index is 592.